The van der Waals surface area contributed by atoms with E-state index < -0.39 is 5.60 Å². The molecule has 3 aromatic rings. The molecule has 0 amide bonds. The monoisotopic (exact) mass is 397 g/mol. The van der Waals surface area contributed by atoms with Crippen LogP contribution in [0.1, 0.15) is 30.1 Å². The molecule has 1 unspecified atom stereocenters. The molecule has 0 fully saturated rings. The van der Waals surface area contributed by atoms with Gasteiger partial charge in [-0.05, 0) is 30.9 Å². The molecule has 28 heavy (non-hydrogen) atoms. The Morgan fingerprint density at radius 1 is 1.21 bits per heavy atom. The second-order valence-corrected chi connectivity index (χ2v) is 7.70. The summed E-state index contributed by atoms with van der Waals surface area (Å²) in [7, 11) is 0. The zero-order chi connectivity index (χ0) is 19.8. The minimum Gasteiger partial charge on any atom is -0.383 e. The summed E-state index contributed by atoms with van der Waals surface area (Å²) in [6.45, 7) is 6.16. The van der Waals surface area contributed by atoms with Gasteiger partial charge in [-0.15, -0.1) is 11.3 Å². The number of hydrogen-bond donors (Lipinski definition) is 3. The molecular formula is C21H27N5OS. The van der Waals surface area contributed by atoms with Crippen molar-refractivity contribution in [1.29, 1.82) is 0 Å². The number of hydrogen-bond acceptors (Lipinski definition) is 4. The van der Waals surface area contributed by atoms with Gasteiger partial charge in [0.1, 0.15) is 18.0 Å². The van der Waals surface area contributed by atoms with Crippen LogP contribution < -0.4 is 10.6 Å². The summed E-state index contributed by atoms with van der Waals surface area (Å²) in [4.78, 5) is 10.0. The van der Waals surface area contributed by atoms with E-state index in [1.807, 2.05) is 55.8 Å². The van der Waals surface area contributed by atoms with Gasteiger partial charge < -0.3 is 20.3 Å². The minimum atomic E-state index is -0.948. The maximum absolute atomic E-state index is 10.7. The largest absolute Gasteiger partial charge is 0.383 e. The Bertz CT molecular complexity index is 871. The third-order valence-electron chi connectivity index (χ3n) is 4.37. The predicted octanol–water partition coefficient (Wildman–Crippen LogP) is 2.96. The van der Waals surface area contributed by atoms with Crippen LogP contribution in [0.3, 0.4) is 0 Å². The van der Waals surface area contributed by atoms with E-state index in [4.69, 9.17) is 0 Å². The van der Waals surface area contributed by atoms with Crippen molar-refractivity contribution in [1.82, 2.24) is 20.2 Å². The van der Waals surface area contributed by atoms with E-state index in [0.29, 0.717) is 19.0 Å². The maximum Gasteiger partial charge on any atom is 0.191 e. The quantitative estimate of drug-likeness (QED) is 0.404. The van der Waals surface area contributed by atoms with E-state index >= 15 is 0 Å². The molecule has 0 aliphatic heterocycles. The lowest BCUT2D eigenvalue weighted by atomic mass is 10.1. The molecule has 0 saturated carbocycles. The highest BCUT2D eigenvalue weighted by Crippen LogP contribution is 2.24. The van der Waals surface area contributed by atoms with Gasteiger partial charge in [-0.1, -0.05) is 36.4 Å². The highest BCUT2D eigenvalue weighted by Gasteiger charge is 2.24. The number of imidazole rings is 1. The van der Waals surface area contributed by atoms with Crippen LogP contribution >= 0.6 is 11.3 Å². The van der Waals surface area contributed by atoms with Gasteiger partial charge in [0.15, 0.2) is 5.96 Å². The average molecular weight is 398 g/mol. The zero-order valence-corrected chi connectivity index (χ0v) is 17.1. The Morgan fingerprint density at radius 2 is 2.04 bits per heavy atom. The fourth-order valence-corrected chi connectivity index (χ4v) is 3.62. The van der Waals surface area contributed by atoms with E-state index in [0.717, 1.165) is 23.8 Å². The molecule has 0 spiro atoms. The highest BCUT2D eigenvalue weighted by molar-refractivity contribution is 7.10. The van der Waals surface area contributed by atoms with Gasteiger partial charge in [-0.3, -0.25) is 0 Å². The van der Waals surface area contributed by atoms with Crippen molar-refractivity contribution >= 4 is 17.3 Å². The van der Waals surface area contributed by atoms with Crippen LogP contribution in [-0.2, 0) is 18.7 Å². The first kappa shape index (κ1) is 20.1. The van der Waals surface area contributed by atoms with E-state index in [1.165, 1.54) is 5.56 Å². The van der Waals surface area contributed by atoms with Crippen LogP contribution in [0.2, 0.25) is 0 Å². The summed E-state index contributed by atoms with van der Waals surface area (Å²) in [5, 5.41) is 19.1. The number of guanidine groups is 1. The molecule has 2 heterocycles. The van der Waals surface area contributed by atoms with Gasteiger partial charge in [-0.25, -0.2) is 9.98 Å². The fourth-order valence-electron chi connectivity index (χ4n) is 2.84. The molecule has 0 radical (unpaired) electrons. The van der Waals surface area contributed by atoms with Gasteiger partial charge in [0.05, 0.1) is 6.54 Å². The smallest absolute Gasteiger partial charge is 0.191 e. The summed E-state index contributed by atoms with van der Waals surface area (Å²) in [6.07, 6.45) is 3.77. The number of thiophene rings is 1. The maximum atomic E-state index is 10.7. The van der Waals surface area contributed by atoms with Crippen LogP contribution in [-0.4, -0.2) is 33.7 Å². The Morgan fingerprint density at radius 3 is 2.75 bits per heavy atom. The van der Waals surface area contributed by atoms with Crippen LogP contribution in [0.15, 0.2) is 65.2 Å². The molecule has 1 aromatic carbocycles. The molecule has 3 N–H and O–H groups in total. The SMILES string of the molecule is CCNC(=NCc1nccn1Cc1ccccc1)NCC(C)(O)c1cccs1. The predicted molar refractivity (Wildman–Crippen MR) is 114 cm³/mol. The van der Waals surface area contributed by atoms with Crippen LogP contribution in [0, 0.1) is 0 Å². The van der Waals surface area contributed by atoms with Crippen molar-refractivity contribution in [2.24, 2.45) is 4.99 Å². The summed E-state index contributed by atoms with van der Waals surface area (Å²) >= 11 is 1.55. The number of aromatic nitrogens is 2. The molecular weight excluding hydrogens is 370 g/mol. The molecule has 148 valence electrons. The number of nitrogens with one attached hydrogen (secondary N) is 2. The van der Waals surface area contributed by atoms with E-state index in [2.05, 4.69) is 37.3 Å². The number of aliphatic imine (C=N–C) groups is 1. The van der Waals surface area contributed by atoms with Gasteiger partial charge in [0.2, 0.25) is 0 Å². The van der Waals surface area contributed by atoms with E-state index in [9.17, 15) is 5.11 Å². The van der Waals surface area contributed by atoms with Crippen molar-refractivity contribution in [3.05, 3.63) is 76.5 Å². The number of nitrogens with zero attached hydrogens (tertiary/aromatic N) is 3. The molecule has 0 saturated heterocycles. The van der Waals surface area contributed by atoms with Gasteiger partial charge in [-0.2, -0.15) is 0 Å². The first-order valence-electron chi connectivity index (χ1n) is 9.41. The minimum absolute atomic E-state index is 0.373. The molecule has 7 heteroatoms. The zero-order valence-electron chi connectivity index (χ0n) is 16.3. The second-order valence-electron chi connectivity index (χ2n) is 6.76. The molecule has 0 bridgehead atoms. The molecule has 0 aliphatic carbocycles. The van der Waals surface area contributed by atoms with E-state index in [1.54, 1.807) is 17.5 Å². The van der Waals surface area contributed by atoms with Crippen LogP contribution in [0.4, 0.5) is 0 Å². The molecule has 2 aromatic heterocycles. The first-order chi connectivity index (χ1) is 13.6. The standard InChI is InChI=1S/C21H27N5OS/c1-3-22-20(25-16-21(2,27)18-10-7-13-28-18)24-14-19-23-11-12-26(19)15-17-8-5-4-6-9-17/h4-13,27H,3,14-16H2,1-2H3,(H2,22,24,25). The second kappa shape index (κ2) is 9.52. The summed E-state index contributed by atoms with van der Waals surface area (Å²) in [6, 6.07) is 14.2. The molecule has 3 rings (SSSR count). The number of benzene rings is 1. The lowest BCUT2D eigenvalue weighted by Crippen LogP contribution is -2.44. The van der Waals surface area contributed by atoms with Crippen molar-refractivity contribution in [3.63, 3.8) is 0 Å². The Balaban J connectivity index is 1.64. The Hall–Kier alpha value is -2.64. The summed E-state index contributed by atoms with van der Waals surface area (Å²) in [5.41, 5.74) is 0.276. The van der Waals surface area contributed by atoms with Crippen LogP contribution in [0.25, 0.3) is 0 Å². The van der Waals surface area contributed by atoms with Crippen molar-refractivity contribution < 1.29 is 5.11 Å². The van der Waals surface area contributed by atoms with Crippen molar-refractivity contribution in [2.45, 2.75) is 32.5 Å². The first-order valence-corrected chi connectivity index (χ1v) is 10.3. The fraction of sp³-hybridized carbons (Fsp3) is 0.333. The topological polar surface area (TPSA) is 74.5 Å². The lowest BCUT2D eigenvalue weighted by molar-refractivity contribution is 0.0655. The number of rotatable bonds is 8. The Labute approximate surface area is 170 Å². The van der Waals surface area contributed by atoms with Gasteiger partial charge >= 0.3 is 0 Å². The molecule has 6 nitrogen and oxygen atoms in total. The normalized spacial score (nSPS) is 13.9. The number of aliphatic hydroxyl groups is 1. The molecule has 1 atom stereocenters. The average Bonchev–Trinajstić information content (AvgIpc) is 3.38. The van der Waals surface area contributed by atoms with Gasteiger partial charge in [0.25, 0.3) is 0 Å². The highest BCUT2D eigenvalue weighted by atomic mass is 32.1. The third kappa shape index (κ3) is 5.43. The van der Waals surface area contributed by atoms with Gasteiger partial charge in [0, 0.05) is 30.4 Å². The van der Waals surface area contributed by atoms with Crippen molar-refractivity contribution in [3.8, 4) is 0 Å². The lowest BCUT2D eigenvalue weighted by Gasteiger charge is -2.23. The molecule has 0 aliphatic rings. The van der Waals surface area contributed by atoms with E-state index in [-0.39, 0.29) is 0 Å². The third-order valence-corrected chi connectivity index (χ3v) is 5.50. The summed E-state index contributed by atoms with van der Waals surface area (Å²) < 4.78 is 2.10. The Kier molecular flexibility index (Phi) is 6.84. The summed E-state index contributed by atoms with van der Waals surface area (Å²) in [5.74, 6) is 1.56. The van der Waals surface area contributed by atoms with Crippen LogP contribution in [0.5, 0.6) is 0 Å². The van der Waals surface area contributed by atoms with Crippen molar-refractivity contribution in [2.75, 3.05) is 13.1 Å².